The standard InChI is InChI=1S/C20H22N2O3S/c1-12-6-7-13(2)19-18(12)22(3)20(26-19)21-17(23)11-14-8-9-15(24-4)16(10-14)25-5/h6-10H,11H2,1-5H3. The van der Waals surface area contributed by atoms with Crippen LogP contribution in [0.3, 0.4) is 0 Å². The Kier molecular flexibility index (Phi) is 5.13. The Morgan fingerprint density at radius 2 is 1.77 bits per heavy atom. The maximum Gasteiger partial charge on any atom is 0.252 e. The number of aromatic nitrogens is 1. The minimum Gasteiger partial charge on any atom is -0.493 e. The molecule has 0 fully saturated rings. The molecule has 0 spiro atoms. The van der Waals surface area contributed by atoms with E-state index in [2.05, 4.69) is 31.0 Å². The molecule has 3 aromatic rings. The van der Waals surface area contributed by atoms with Gasteiger partial charge in [-0.2, -0.15) is 4.99 Å². The summed E-state index contributed by atoms with van der Waals surface area (Å²) >= 11 is 1.55. The summed E-state index contributed by atoms with van der Waals surface area (Å²) in [4.78, 5) is 17.5. The lowest BCUT2D eigenvalue weighted by atomic mass is 10.1. The summed E-state index contributed by atoms with van der Waals surface area (Å²) < 4.78 is 13.7. The predicted octanol–water partition coefficient (Wildman–Crippen LogP) is 3.54. The van der Waals surface area contributed by atoms with Gasteiger partial charge >= 0.3 is 0 Å². The van der Waals surface area contributed by atoms with E-state index >= 15 is 0 Å². The number of ether oxygens (including phenoxy) is 2. The fourth-order valence-corrected chi connectivity index (χ4v) is 4.16. The van der Waals surface area contributed by atoms with Crippen LogP contribution in [0.25, 0.3) is 10.2 Å². The van der Waals surface area contributed by atoms with Crippen molar-refractivity contribution < 1.29 is 14.3 Å². The van der Waals surface area contributed by atoms with Crippen molar-refractivity contribution in [3.05, 3.63) is 51.8 Å². The van der Waals surface area contributed by atoms with Crippen molar-refractivity contribution in [3.63, 3.8) is 0 Å². The molecule has 0 saturated heterocycles. The van der Waals surface area contributed by atoms with Crippen LogP contribution in [0.15, 0.2) is 35.3 Å². The lowest BCUT2D eigenvalue weighted by Gasteiger charge is -2.08. The molecule has 26 heavy (non-hydrogen) atoms. The van der Waals surface area contributed by atoms with Crippen molar-refractivity contribution in [2.75, 3.05) is 14.2 Å². The molecule has 0 radical (unpaired) electrons. The third kappa shape index (κ3) is 3.37. The van der Waals surface area contributed by atoms with Gasteiger partial charge in [-0.05, 0) is 42.7 Å². The van der Waals surface area contributed by atoms with E-state index < -0.39 is 0 Å². The van der Waals surface area contributed by atoms with E-state index in [-0.39, 0.29) is 12.3 Å². The largest absolute Gasteiger partial charge is 0.493 e. The fourth-order valence-electron chi connectivity index (χ4n) is 2.98. The van der Waals surface area contributed by atoms with E-state index in [4.69, 9.17) is 9.47 Å². The van der Waals surface area contributed by atoms with Crippen LogP contribution in [0.5, 0.6) is 11.5 Å². The van der Waals surface area contributed by atoms with Crippen molar-refractivity contribution in [1.29, 1.82) is 0 Å². The molecule has 136 valence electrons. The average Bonchev–Trinajstić information content (AvgIpc) is 2.95. The zero-order valence-corrected chi connectivity index (χ0v) is 16.4. The van der Waals surface area contributed by atoms with E-state index in [1.807, 2.05) is 23.7 Å². The third-order valence-corrected chi connectivity index (χ3v) is 5.64. The Morgan fingerprint density at radius 3 is 2.42 bits per heavy atom. The molecule has 0 aliphatic heterocycles. The summed E-state index contributed by atoms with van der Waals surface area (Å²) in [5.41, 5.74) is 4.35. The van der Waals surface area contributed by atoms with Crippen LogP contribution in [0.4, 0.5) is 0 Å². The number of hydrogen-bond acceptors (Lipinski definition) is 4. The summed E-state index contributed by atoms with van der Waals surface area (Å²) in [6.07, 6.45) is 0.215. The summed E-state index contributed by atoms with van der Waals surface area (Å²) in [6.45, 7) is 4.15. The van der Waals surface area contributed by atoms with E-state index in [1.165, 1.54) is 15.8 Å². The van der Waals surface area contributed by atoms with Gasteiger partial charge in [-0.15, -0.1) is 0 Å². The van der Waals surface area contributed by atoms with Crippen LogP contribution in [0, 0.1) is 13.8 Å². The van der Waals surface area contributed by atoms with Crippen molar-refractivity contribution in [2.24, 2.45) is 12.0 Å². The van der Waals surface area contributed by atoms with Gasteiger partial charge in [0.1, 0.15) is 0 Å². The van der Waals surface area contributed by atoms with Gasteiger partial charge in [0.05, 0.1) is 30.9 Å². The first-order valence-corrected chi connectivity index (χ1v) is 9.10. The Balaban J connectivity index is 1.95. The van der Waals surface area contributed by atoms with Crippen LogP contribution in [0.2, 0.25) is 0 Å². The molecule has 0 atom stereocenters. The van der Waals surface area contributed by atoms with Gasteiger partial charge in [0.2, 0.25) is 0 Å². The van der Waals surface area contributed by atoms with Crippen molar-refractivity contribution in [1.82, 2.24) is 4.57 Å². The first-order chi connectivity index (χ1) is 12.4. The van der Waals surface area contributed by atoms with Gasteiger partial charge in [0, 0.05) is 7.05 Å². The summed E-state index contributed by atoms with van der Waals surface area (Å²) in [7, 11) is 5.12. The van der Waals surface area contributed by atoms with Crippen LogP contribution in [0.1, 0.15) is 16.7 Å². The molecule has 5 nitrogen and oxygen atoms in total. The fraction of sp³-hybridized carbons (Fsp3) is 0.300. The number of fused-ring (bicyclic) bond motifs is 1. The molecule has 2 aromatic carbocycles. The summed E-state index contributed by atoms with van der Waals surface area (Å²) in [5, 5.41) is 0. The quantitative estimate of drug-likeness (QED) is 0.706. The van der Waals surface area contributed by atoms with Gasteiger partial charge in [0.15, 0.2) is 16.3 Å². The second-order valence-electron chi connectivity index (χ2n) is 6.19. The molecule has 3 rings (SSSR count). The predicted molar refractivity (Wildman–Crippen MR) is 104 cm³/mol. The van der Waals surface area contributed by atoms with Gasteiger partial charge in [-0.1, -0.05) is 29.5 Å². The summed E-state index contributed by atoms with van der Waals surface area (Å²) in [5.74, 6) is 1.06. The monoisotopic (exact) mass is 370 g/mol. The highest BCUT2D eigenvalue weighted by molar-refractivity contribution is 7.16. The van der Waals surface area contributed by atoms with Gasteiger partial charge in [-0.25, -0.2) is 0 Å². The van der Waals surface area contributed by atoms with Gasteiger partial charge in [-0.3, -0.25) is 4.79 Å². The molecular weight excluding hydrogens is 348 g/mol. The number of benzene rings is 2. The van der Waals surface area contributed by atoms with E-state index in [0.29, 0.717) is 16.3 Å². The summed E-state index contributed by atoms with van der Waals surface area (Å²) in [6, 6.07) is 9.66. The van der Waals surface area contributed by atoms with Gasteiger partial charge < -0.3 is 14.0 Å². The number of amides is 1. The minimum absolute atomic E-state index is 0.185. The number of aryl methyl sites for hydroxylation is 3. The highest BCUT2D eigenvalue weighted by atomic mass is 32.1. The van der Waals surface area contributed by atoms with Crippen LogP contribution < -0.4 is 14.3 Å². The smallest absolute Gasteiger partial charge is 0.252 e. The van der Waals surface area contributed by atoms with Crippen molar-refractivity contribution in [3.8, 4) is 11.5 Å². The molecular formula is C20H22N2O3S. The molecule has 0 bridgehead atoms. The Labute approximate surface area is 156 Å². The molecule has 6 heteroatoms. The average molecular weight is 370 g/mol. The molecule has 1 heterocycles. The van der Waals surface area contributed by atoms with Crippen LogP contribution in [-0.2, 0) is 18.3 Å². The number of carbonyl (C=O) groups excluding carboxylic acids is 1. The number of rotatable bonds is 4. The highest BCUT2D eigenvalue weighted by Gasteiger charge is 2.11. The van der Waals surface area contributed by atoms with E-state index in [1.54, 1.807) is 31.6 Å². The first kappa shape index (κ1) is 18.2. The number of nitrogens with zero attached hydrogens (tertiary/aromatic N) is 2. The number of methoxy groups -OCH3 is 2. The third-order valence-electron chi connectivity index (χ3n) is 4.37. The van der Waals surface area contributed by atoms with E-state index in [0.717, 1.165) is 11.1 Å². The van der Waals surface area contributed by atoms with Gasteiger partial charge in [0.25, 0.3) is 5.91 Å². The zero-order valence-electron chi connectivity index (χ0n) is 15.6. The molecule has 0 N–H and O–H groups in total. The topological polar surface area (TPSA) is 52.8 Å². The van der Waals surface area contributed by atoms with E-state index in [9.17, 15) is 4.79 Å². The van der Waals surface area contributed by atoms with Crippen molar-refractivity contribution >= 4 is 27.5 Å². The Bertz CT molecular complexity index is 1050. The first-order valence-electron chi connectivity index (χ1n) is 8.28. The Morgan fingerprint density at radius 1 is 1.08 bits per heavy atom. The molecule has 0 saturated carbocycles. The number of hydrogen-bond donors (Lipinski definition) is 0. The lowest BCUT2D eigenvalue weighted by Crippen LogP contribution is -2.14. The molecule has 0 aliphatic rings. The number of carbonyl (C=O) groups is 1. The Hall–Kier alpha value is -2.60. The molecule has 1 aromatic heterocycles. The zero-order chi connectivity index (χ0) is 18.8. The maximum absolute atomic E-state index is 12.5. The minimum atomic E-state index is -0.185. The molecule has 1 amide bonds. The van der Waals surface area contributed by atoms with Crippen molar-refractivity contribution in [2.45, 2.75) is 20.3 Å². The van der Waals surface area contributed by atoms with Crippen LogP contribution >= 0.6 is 11.3 Å². The lowest BCUT2D eigenvalue weighted by molar-refractivity contribution is -0.117. The number of thiazole rings is 1. The second-order valence-corrected chi connectivity index (χ2v) is 7.17. The SMILES string of the molecule is COc1ccc(CC(=O)N=c2sc3c(C)ccc(C)c3n2C)cc1OC. The maximum atomic E-state index is 12.5. The normalized spacial score (nSPS) is 11.8. The van der Waals surface area contributed by atoms with Crippen LogP contribution in [-0.4, -0.2) is 24.7 Å². The molecule has 0 aliphatic carbocycles. The highest BCUT2D eigenvalue weighted by Crippen LogP contribution is 2.28. The second kappa shape index (κ2) is 7.33. The molecule has 0 unspecified atom stereocenters.